The molecule has 0 saturated heterocycles. The van der Waals surface area contributed by atoms with Gasteiger partial charge in [0.2, 0.25) is 5.82 Å². The molecule has 9 heteroatoms. The second kappa shape index (κ2) is 9.10. The van der Waals surface area contributed by atoms with Crippen molar-refractivity contribution < 1.29 is 13.7 Å². The van der Waals surface area contributed by atoms with Gasteiger partial charge in [0, 0.05) is 22.8 Å². The fraction of sp³-hybridized carbons (Fsp3) is 0.174. The lowest BCUT2D eigenvalue weighted by molar-refractivity contribution is 0.386. The van der Waals surface area contributed by atoms with Crippen LogP contribution in [0, 0.1) is 5.82 Å². The van der Waals surface area contributed by atoms with E-state index in [1.165, 1.54) is 19.2 Å². The molecule has 3 aromatic rings. The smallest absolute Gasteiger partial charge is 0.258 e. The van der Waals surface area contributed by atoms with Crippen LogP contribution in [0.4, 0.5) is 4.39 Å². The quantitative estimate of drug-likeness (QED) is 0.383. The molecule has 6 nitrogen and oxygen atoms in total. The zero-order valence-corrected chi connectivity index (χ0v) is 19.0. The van der Waals surface area contributed by atoms with Crippen molar-refractivity contribution in [2.45, 2.75) is 13.0 Å². The lowest BCUT2D eigenvalue weighted by Crippen LogP contribution is -2.45. The van der Waals surface area contributed by atoms with Gasteiger partial charge in [-0.1, -0.05) is 35.0 Å². The number of nitrogens with zero attached hydrogens (tertiary/aromatic N) is 3. The average molecular weight is 471 g/mol. The lowest BCUT2D eigenvalue weighted by atomic mass is 9.95. The van der Waals surface area contributed by atoms with E-state index in [0.29, 0.717) is 28.1 Å². The topological polar surface area (TPSA) is 63.4 Å². The van der Waals surface area contributed by atoms with Crippen LogP contribution in [0.25, 0.3) is 17.0 Å². The summed E-state index contributed by atoms with van der Waals surface area (Å²) in [6, 6.07) is 11.6. The molecule has 1 atom stereocenters. The van der Waals surface area contributed by atoms with Gasteiger partial charge in [0.15, 0.2) is 16.7 Å². The minimum atomic E-state index is -0.507. The molecule has 4 rings (SSSR count). The molecular formula is C23H20ClFN4O2S. The number of benzene rings is 2. The summed E-state index contributed by atoms with van der Waals surface area (Å²) >= 11 is 11.7. The van der Waals surface area contributed by atoms with Crippen LogP contribution in [0.3, 0.4) is 0 Å². The number of thiocarbonyl (C=S) groups is 1. The Labute approximate surface area is 195 Å². The van der Waals surface area contributed by atoms with Gasteiger partial charge >= 0.3 is 0 Å². The van der Waals surface area contributed by atoms with E-state index in [0.717, 1.165) is 16.8 Å². The first kappa shape index (κ1) is 22.0. The van der Waals surface area contributed by atoms with Crippen molar-refractivity contribution in [3.63, 3.8) is 0 Å². The SMILES string of the molecule is C=CCN1C(=S)NC(c2ccc(Cl)cc2)C(c2nc(-c3ccc(OC)c(F)c3)no2)=C1C. The third kappa shape index (κ3) is 4.11. The third-order valence-corrected chi connectivity index (χ3v) is 5.77. The number of hydrogen-bond acceptors (Lipinski definition) is 5. The molecule has 2 aromatic carbocycles. The second-order valence-corrected chi connectivity index (χ2v) is 7.93. The van der Waals surface area contributed by atoms with Crippen molar-refractivity contribution in [3.05, 3.63) is 83.1 Å². The highest BCUT2D eigenvalue weighted by Gasteiger charge is 2.33. The van der Waals surface area contributed by atoms with Crippen LogP contribution >= 0.6 is 23.8 Å². The van der Waals surface area contributed by atoms with Crippen LogP contribution < -0.4 is 10.1 Å². The van der Waals surface area contributed by atoms with E-state index in [-0.39, 0.29) is 17.6 Å². The Hall–Kier alpha value is -3.23. The van der Waals surface area contributed by atoms with E-state index >= 15 is 0 Å². The predicted octanol–water partition coefficient (Wildman–Crippen LogP) is 5.39. The highest BCUT2D eigenvalue weighted by molar-refractivity contribution is 7.80. The Kier molecular flexibility index (Phi) is 6.25. The van der Waals surface area contributed by atoms with Gasteiger partial charge in [-0.25, -0.2) is 4.39 Å². The molecule has 1 unspecified atom stereocenters. The lowest BCUT2D eigenvalue weighted by Gasteiger charge is -2.36. The normalized spacial score (nSPS) is 16.2. The number of nitrogens with one attached hydrogen (secondary N) is 1. The van der Waals surface area contributed by atoms with E-state index in [9.17, 15) is 4.39 Å². The van der Waals surface area contributed by atoms with Gasteiger partial charge in [0.25, 0.3) is 5.89 Å². The summed E-state index contributed by atoms with van der Waals surface area (Å²) in [4.78, 5) is 6.46. The minimum Gasteiger partial charge on any atom is -0.494 e. The molecule has 0 spiro atoms. The number of rotatable bonds is 6. The number of aromatic nitrogens is 2. The highest BCUT2D eigenvalue weighted by Crippen LogP contribution is 2.37. The maximum absolute atomic E-state index is 14.2. The van der Waals surface area contributed by atoms with Crippen LogP contribution in [-0.2, 0) is 0 Å². The molecule has 0 radical (unpaired) electrons. The summed E-state index contributed by atoms with van der Waals surface area (Å²) in [5.41, 5.74) is 3.02. The molecule has 1 N–H and O–H groups in total. The Morgan fingerprint density at radius 3 is 2.72 bits per heavy atom. The van der Waals surface area contributed by atoms with E-state index < -0.39 is 5.82 Å². The van der Waals surface area contributed by atoms with Crippen molar-refractivity contribution in [2.75, 3.05) is 13.7 Å². The number of allylic oxidation sites excluding steroid dienone is 1. The highest BCUT2D eigenvalue weighted by atomic mass is 35.5. The van der Waals surface area contributed by atoms with Crippen LogP contribution in [0.5, 0.6) is 5.75 Å². The summed E-state index contributed by atoms with van der Waals surface area (Å²) < 4.78 is 24.8. The standard InChI is InChI=1S/C23H20ClFN4O2S/c1-4-11-29-13(2)19(20(26-23(29)32)14-5-8-16(24)9-6-14)22-27-21(28-31-22)15-7-10-18(30-3)17(25)12-15/h4-10,12,20H,1,11H2,2-3H3,(H,26,32). The van der Waals surface area contributed by atoms with Crippen LogP contribution in [0.1, 0.15) is 24.4 Å². The first-order chi connectivity index (χ1) is 15.4. The minimum absolute atomic E-state index is 0.142. The van der Waals surface area contributed by atoms with Gasteiger partial charge in [-0.3, -0.25) is 0 Å². The van der Waals surface area contributed by atoms with E-state index in [1.807, 2.05) is 36.1 Å². The molecule has 32 heavy (non-hydrogen) atoms. The zero-order chi connectivity index (χ0) is 22.8. The average Bonchev–Trinajstić information content (AvgIpc) is 3.26. The van der Waals surface area contributed by atoms with Crippen molar-refractivity contribution in [2.24, 2.45) is 0 Å². The monoisotopic (exact) mass is 470 g/mol. The van der Waals surface area contributed by atoms with Crippen LogP contribution in [0.15, 0.2) is 65.3 Å². The maximum Gasteiger partial charge on any atom is 0.258 e. The zero-order valence-electron chi connectivity index (χ0n) is 17.4. The van der Waals surface area contributed by atoms with E-state index in [4.69, 9.17) is 33.1 Å². The molecule has 0 fully saturated rings. The van der Waals surface area contributed by atoms with Gasteiger partial charge < -0.3 is 19.5 Å². The summed E-state index contributed by atoms with van der Waals surface area (Å²) in [5.74, 6) is 0.203. The van der Waals surface area contributed by atoms with Gasteiger partial charge in [0.05, 0.1) is 18.7 Å². The summed E-state index contributed by atoms with van der Waals surface area (Å²) in [6.45, 7) is 6.26. The van der Waals surface area contributed by atoms with E-state index in [1.54, 1.807) is 12.1 Å². The molecule has 1 aliphatic rings. The van der Waals surface area contributed by atoms with Crippen LogP contribution in [0.2, 0.25) is 5.02 Å². The van der Waals surface area contributed by atoms with Gasteiger partial charge in [-0.2, -0.15) is 4.98 Å². The summed E-state index contributed by atoms with van der Waals surface area (Å²) in [5, 5.41) is 8.61. The molecule has 164 valence electrons. The Balaban J connectivity index is 1.80. The Morgan fingerprint density at radius 1 is 1.31 bits per heavy atom. The van der Waals surface area contributed by atoms with Gasteiger partial charge in [0.1, 0.15) is 0 Å². The number of methoxy groups -OCH3 is 1. The number of hydrogen-bond donors (Lipinski definition) is 1. The second-order valence-electron chi connectivity index (χ2n) is 7.10. The Morgan fingerprint density at radius 2 is 2.06 bits per heavy atom. The number of ether oxygens (including phenoxy) is 1. The summed E-state index contributed by atoms with van der Waals surface area (Å²) in [7, 11) is 1.41. The molecule has 0 amide bonds. The van der Waals surface area contributed by atoms with Gasteiger partial charge in [-0.05, 0) is 55.0 Å². The Bertz CT molecular complexity index is 1210. The third-order valence-electron chi connectivity index (χ3n) is 5.18. The van der Waals surface area contributed by atoms with Crippen molar-refractivity contribution in [3.8, 4) is 17.1 Å². The molecule has 2 heterocycles. The van der Waals surface area contributed by atoms with Gasteiger partial charge in [-0.15, -0.1) is 6.58 Å². The van der Waals surface area contributed by atoms with E-state index in [2.05, 4.69) is 22.0 Å². The summed E-state index contributed by atoms with van der Waals surface area (Å²) in [6.07, 6.45) is 1.76. The van der Waals surface area contributed by atoms with Crippen molar-refractivity contribution >= 4 is 34.5 Å². The fourth-order valence-electron chi connectivity index (χ4n) is 3.57. The van der Waals surface area contributed by atoms with Crippen molar-refractivity contribution in [1.29, 1.82) is 0 Å². The van der Waals surface area contributed by atoms with Crippen molar-refractivity contribution in [1.82, 2.24) is 20.4 Å². The molecular weight excluding hydrogens is 451 g/mol. The predicted molar refractivity (Wildman–Crippen MR) is 126 cm³/mol. The van der Waals surface area contributed by atoms with Crippen LogP contribution in [-0.4, -0.2) is 33.8 Å². The molecule has 0 saturated carbocycles. The first-order valence-corrected chi connectivity index (χ1v) is 10.5. The molecule has 0 bridgehead atoms. The molecule has 1 aliphatic heterocycles. The molecule has 0 aliphatic carbocycles. The molecule has 1 aromatic heterocycles. The largest absolute Gasteiger partial charge is 0.494 e. The first-order valence-electron chi connectivity index (χ1n) is 9.76. The maximum atomic E-state index is 14.2. The fourth-order valence-corrected chi connectivity index (χ4v) is 4.02. The number of halogens is 2.